The van der Waals surface area contributed by atoms with Crippen LogP contribution in [0.3, 0.4) is 0 Å². The molecule has 0 radical (unpaired) electrons. The van der Waals surface area contributed by atoms with E-state index in [1.54, 1.807) is 43.3 Å². The van der Waals surface area contributed by atoms with E-state index >= 15 is 0 Å². The second-order valence-corrected chi connectivity index (χ2v) is 8.83. The van der Waals surface area contributed by atoms with Crippen LogP contribution in [-0.2, 0) is 11.3 Å². The summed E-state index contributed by atoms with van der Waals surface area (Å²) >= 11 is 1.35. The predicted molar refractivity (Wildman–Crippen MR) is 145 cm³/mol. The Bertz CT molecular complexity index is 1460. The number of carbonyl (C=O) groups is 2. The summed E-state index contributed by atoms with van der Waals surface area (Å²) in [7, 11) is 4.58. The molecule has 0 aliphatic rings. The zero-order valence-corrected chi connectivity index (χ0v) is 22.1. The second kappa shape index (κ2) is 11.7. The smallest absolute Gasteiger partial charge is 0.341 e. The molecule has 4 rings (SSSR count). The summed E-state index contributed by atoms with van der Waals surface area (Å²) in [6, 6.07) is 9.95. The van der Waals surface area contributed by atoms with Crippen LogP contribution in [-0.4, -0.2) is 44.8 Å². The first-order chi connectivity index (χ1) is 18.4. The number of anilines is 2. The van der Waals surface area contributed by atoms with Gasteiger partial charge in [-0.15, -0.1) is 11.3 Å². The van der Waals surface area contributed by atoms with Crippen molar-refractivity contribution < 1.29 is 33.3 Å². The largest absolute Gasteiger partial charge is 0.497 e. The standard InChI is InChI=1S/C27H27N3O7S/c1-5-36-27(32)20-12-29-25(28)23-16(14-38-24(20)23)13-37-22-8-15(6-7-21(22)35-4)26(31)30-17-9-18(33-2)11-19(10-17)34-3/h6-12,14H,5,13H2,1-4H3,(H2,28,29)(H,30,31). The van der Waals surface area contributed by atoms with Gasteiger partial charge in [-0.3, -0.25) is 4.79 Å². The minimum atomic E-state index is -0.464. The summed E-state index contributed by atoms with van der Waals surface area (Å²) in [5, 5.41) is 5.32. The first-order valence-corrected chi connectivity index (χ1v) is 12.4. The highest BCUT2D eigenvalue weighted by atomic mass is 32.1. The van der Waals surface area contributed by atoms with Gasteiger partial charge in [-0.05, 0) is 30.5 Å². The lowest BCUT2D eigenvalue weighted by atomic mass is 10.1. The number of esters is 1. The quantitative estimate of drug-likeness (QED) is 0.271. The number of benzene rings is 2. The van der Waals surface area contributed by atoms with Crippen molar-refractivity contribution in [3.63, 3.8) is 0 Å². The van der Waals surface area contributed by atoms with Crippen LogP contribution in [0.2, 0.25) is 0 Å². The average Bonchev–Trinajstić information content (AvgIpc) is 3.36. The van der Waals surface area contributed by atoms with Gasteiger partial charge in [0.1, 0.15) is 23.9 Å². The predicted octanol–water partition coefficient (Wildman–Crippen LogP) is 4.91. The van der Waals surface area contributed by atoms with Crippen molar-refractivity contribution in [2.75, 3.05) is 39.0 Å². The number of rotatable bonds is 10. The third-order valence-electron chi connectivity index (χ3n) is 5.61. The number of hydrogen-bond donors (Lipinski definition) is 2. The first kappa shape index (κ1) is 26.6. The van der Waals surface area contributed by atoms with E-state index in [0.717, 1.165) is 5.56 Å². The Morgan fingerprint density at radius 1 is 1.00 bits per heavy atom. The maximum absolute atomic E-state index is 13.0. The van der Waals surface area contributed by atoms with Crippen LogP contribution in [0.1, 0.15) is 33.2 Å². The topological polar surface area (TPSA) is 131 Å². The SMILES string of the molecule is CCOC(=O)c1cnc(N)c2c(COc3cc(C(=O)Nc4cc(OC)cc(OC)c4)ccc3OC)csc12. The Hall–Kier alpha value is -4.51. The monoisotopic (exact) mass is 537 g/mol. The Labute approximate surface area is 223 Å². The number of nitrogens with one attached hydrogen (secondary N) is 1. The number of carbonyl (C=O) groups excluding carboxylic acids is 2. The highest BCUT2D eigenvalue weighted by molar-refractivity contribution is 7.17. The molecule has 0 saturated carbocycles. The number of hydrogen-bond acceptors (Lipinski definition) is 10. The van der Waals surface area contributed by atoms with Gasteiger partial charge in [0.05, 0.1) is 38.2 Å². The number of pyridine rings is 1. The number of nitrogen functional groups attached to an aromatic ring is 1. The summed E-state index contributed by atoms with van der Waals surface area (Å²) < 4.78 is 27.8. The Morgan fingerprint density at radius 2 is 1.74 bits per heavy atom. The molecule has 0 atom stereocenters. The van der Waals surface area contributed by atoms with Crippen LogP contribution in [0.5, 0.6) is 23.0 Å². The Kier molecular flexibility index (Phi) is 8.17. The summed E-state index contributed by atoms with van der Waals surface area (Å²) in [5.41, 5.74) is 8.08. The highest BCUT2D eigenvalue weighted by Crippen LogP contribution is 2.35. The number of fused-ring (bicyclic) bond motifs is 1. The van der Waals surface area contributed by atoms with Gasteiger partial charge in [-0.1, -0.05) is 0 Å². The highest BCUT2D eigenvalue weighted by Gasteiger charge is 2.19. The van der Waals surface area contributed by atoms with Crippen LogP contribution in [0, 0.1) is 0 Å². The van der Waals surface area contributed by atoms with Crippen LogP contribution >= 0.6 is 11.3 Å². The molecule has 0 unspecified atom stereocenters. The van der Waals surface area contributed by atoms with Gasteiger partial charge in [-0.25, -0.2) is 9.78 Å². The van der Waals surface area contributed by atoms with Crippen molar-refractivity contribution in [1.82, 2.24) is 4.98 Å². The van der Waals surface area contributed by atoms with E-state index in [1.165, 1.54) is 38.9 Å². The molecule has 38 heavy (non-hydrogen) atoms. The Morgan fingerprint density at radius 3 is 2.39 bits per heavy atom. The lowest BCUT2D eigenvalue weighted by Gasteiger charge is -2.13. The number of amides is 1. The molecule has 2 heterocycles. The van der Waals surface area contributed by atoms with Crippen molar-refractivity contribution >= 4 is 44.8 Å². The fraction of sp³-hybridized carbons (Fsp3) is 0.222. The maximum Gasteiger partial charge on any atom is 0.341 e. The van der Waals surface area contributed by atoms with E-state index in [4.69, 9.17) is 29.4 Å². The van der Waals surface area contributed by atoms with Gasteiger partial charge < -0.3 is 34.7 Å². The molecule has 0 bridgehead atoms. The molecule has 0 saturated heterocycles. The van der Waals surface area contributed by atoms with Gasteiger partial charge in [-0.2, -0.15) is 0 Å². The normalized spacial score (nSPS) is 10.6. The number of ether oxygens (including phenoxy) is 5. The molecule has 11 heteroatoms. The maximum atomic E-state index is 13.0. The fourth-order valence-electron chi connectivity index (χ4n) is 3.76. The summed E-state index contributed by atoms with van der Waals surface area (Å²) in [5.74, 6) is 1.34. The molecule has 2 aromatic heterocycles. The minimum absolute atomic E-state index is 0.104. The van der Waals surface area contributed by atoms with Crippen LogP contribution in [0.15, 0.2) is 48.0 Å². The summed E-state index contributed by atoms with van der Waals surface area (Å²) in [6.45, 7) is 2.09. The van der Waals surface area contributed by atoms with E-state index < -0.39 is 5.97 Å². The molecule has 0 spiro atoms. The molecule has 198 valence electrons. The van der Waals surface area contributed by atoms with Gasteiger partial charge in [0, 0.05) is 46.6 Å². The number of methoxy groups -OCH3 is 3. The molecule has 4 aromatic rings. The molecule has 2 aromatic carbocycles. The molecule has 0 aliphatic carbocycles. The number of nitrogens with two attached hydrogens (primary N) is 1. The van der Waals surface area contributed by atoms with Gasteiger partial charge in [0.2, 0.25) is 0 Å². The molecule has 1 amide bonds. The van der Waals surface area contributed by atoms with Gasteiger partial charge in [0.15, 0.2) is 11.5 Å². The zero-order chi connectivity index (χ0) is 27.2. The average molecular weight is 538 g/mol. The lowest BCUT2D eigenvalue weighted by molar-refractivity contribution is 0.0528. The van der Waals surface area contributed by atoms with Crippen molar-refractivity contribution in [3.8, 4) is 23.0 Å². The molecule has 10 nitrogen and oxygen atoms in total. The van der Waals surface area contributed by atoms with Crippen molar-refractivity contribution in [1.29, 1.82) is 0 Å². The van der Waals surface area contributed by atoms with E-state index in [0.29, 0.717) is 49.9 Å². The number of nitrogens with zero attached hydrogens (tertiary/aromatic N) is 1. The third kappa shape index (κ3) is 5.57. The molecule has 0 aliphatic heterocycles. The van der Waals surface area contributed by atoms with Gasteiger partial charge >= 0.3 is 5.97 Å². The third-order valence-corrected chi connectivity index (χ3v) is 6.68. The molecular formula is C27H27N3O7S. The lowest BCUT2D eigenvalue weighted by Crippen LogP contribution is -2.12. The fourth-order valence-corrected chi connectivity index (χ4v) is 4.82. The summed E-state index contributed by atoms with van der Waals surface area (Å²) in [6.07, 6.45) is 1.42. The van der Waals surface area contributed by atoms with E-state index in [9.17, 15) is 9.59 Å². The van der Waals surface area contributed by atoms with E-state index in [-0.39, 0.29) is 24.9 Å². The van der Waals surface area contributed by atoms with Crippen molar-refractivity contribution in [3.05, 3.63) is 64.7 Å². The number of aromatic nitrogens is 1. The first-order valence-electron chi connectivity index (χ1n) is 11.5. The second-order valence-electron chi connectivity index (χ2n) is 7.95. The van der Waals surface area contributed by atoms with E-state index in [2.05, 4.69) is 10.3 Å². The number of thiophene rings is 1. The summed E-state index contributed by atoms with van der Waals surface area (Å²) in [4.78, 5) is 29.5. The van der Waals surface area contributed by atoms with Crippen molar-refractivity contribution in [2.24, 2.45) is 0 Å². The van der Waals surface area contributed by atoms with Crippen LogP contribution in [0.4, 0.5) is 11.5 Å². The Balaban J connectivity index is 1.58. The minimum Gasteiger partial charge on any atom is -0.497 e. The molecule has 3 N–H and O–H groups in total. The van der Waals surface area contributed by atoms with E-state index in [1.807, 2.05) is 5.38 Å². The van der Waals surface area contributed by atoms with Crippen LogP contribution in [0.25, 0.3) is 10.1 Å². The van der Waals surface area contributed by atoms with Gasteiger partial charge in [0.25, 0.3) is 5.91 Å². The molecule has 0 fully saturated rings. The zero-order valence-electron chi connectivity index (χ0n) is 21.3. The molecular weight excluding hydrogens is 510 g/mol. The van der Waals surface area contributed by atoms with Crippen molar-refractivity contribution in [2.45, 2.75) is 13.5 Å². The van der Waals surface area contributed by atoms with Crippen LogP contribution < -0.4 is 30.0 Å².